The summed E-state index contributed by atoms with van der Waals surface area (Å²) < 4.78 is 13.1. The molecule has 0 radical (unpaired) electrons. The number of hydrogen-bond acceptors (Lipinski definition) is 4. The number of rotatable bonds is 4. The molecule has 0 bridgehead atoms. The highest BCUT2D eigenvalue weighted by Crippen LogP contribution is 2.34. The van der Waals surface area contributed by atoms with Gasteiger partial charge in [-0.25, -0.2) is 4.39 Å². The largest absolute Gasteiger partial charge is 0.481 e. The fourth-order valence-corrected chi connectivity index (χ4v) is 2.05. The summed E-state index contributed by atoms with van der Waals surface area (Å²) in [6.07, 6.45) is 0.0274. The summed E-state index contributed by atoms with van der Waals surface area (Å²) in [7, 11) is 0. The van der Waals surface area contributed by atoms with Crippen molar-refractivity contribution in [2.75, 3.05) is 18.0 Å². The minimum Gasteiger partial charge on any atom is -0.481 e. The van der Waals surface area contributed by atoms with Crippen LogP contribution in [0.5, 0.6) is 0 Å². The number of nitrogens with zero attached hydrogens (tertiary/aromatic N) is 2. The first-order valence-corrected chi connectivity index (χ1v) is 5.38. The second-order valence-electron chi connectivity index (χ2n) is 4.26. The standard InChI is InChI=1S/C11H11FN2O4/c12-8-1-2-9(14(17)18)10(4-8)13-5-7(6-13)3-11(15)16/h1-2,4,7H,3,5-6H2,(H,15,16). The van der Waals surface area contributed by atoms with Crippen molar-refractivity contribution in [3.8, 4) is 0 Å². The van der Waals surface area contributed by atoms with Crippen LogP contribution in [0.1, 0.15) is 6.42 Å². The fraction of sp³-hybridized carbons (Fsp3) is 0.364. The number of aliphatic carboxylic acids is 1. The molecule has 96 valence electrons. The monoisotopic (exact) mass is 254 g/mol. The molecule has 7 heteroatoms. The van der Waals surface area contributed by atoms with E-state index in [9.17, 15) is 19.3 Å². The highest BCUT2D eigenvalue weighted by Gasteiger charge is 2.32. The van der Waals surface area contributed by atoms with Crippen molar-refractivity contribution in [2.45, 2.75) is 6.42 Å². The Balaban J connectivity index is 2.13. The Hall–Kier alpha value is -2.18. The van der Waals surface area contributed by atoms with Gasteiger partial charge in [0.1, 0.15) is 11.5 Å². The number of carboxylic acid groups (broad SMARTS) is 1. The number of halogens is 1. The number of nitro groups is 1. The lowest BCUT2D eigenvalue weighted by Crippen LogP contribution is -2.47. The second-order valence-corrected chi connectivity index (χ2v) is 4.26. The summed E-state index contributed by atoms with van der Waals surface area (Å²) in [6.45, 7) is 0.799. The molecule has 1 saturated heterocycles. The zero-order valence-corrected chi connectivity index (χ0v) is 9.38. The van der Waals surface area contributed by atoms with Crippen LogP contribution in [0, 0.1) is 21.8 Å². The van der Waals surface area contributed by atoms with Crippen LogP contribution in [0.2, 0.25) is 0 Å². The molecule has 0 atom stereocenters. The van der Waals surface area contributed by atoms with Gasteiger partial charge in [0, 0.05) is 31.1 Å². The fourth-order valence-electron chi connectivity index (χ4n) is 2.05. The zero-order valence-electron chi connectivity index (χ0n) is 9.38. The van der Waals surface area contributed by atoms with Gasteiger partial charge in [-0.3, -0.25) is 14.9 Å². The summed E-state index contributed by atoms with van der Waals surface area (Å²) in [4.78, 5) is 22.3. The van der Waals surface area contributed by atoms with E-state index >= 15 is 0 Å². The topological polar surface area (TPSA) is 83.7 Å². The van der Waals surface area contributed by atoms with Gasteiger partial charge in [-0.15, -0.1) is 0 Å². The number of hydrogen-bond donors (Lipinski definition) is 1. The summed E-state index contributed by atoms with van der Waals surface area (Å²) in [6, 6.07) is 3.26. The minimum absolute atomic E-state index is 0.0274. The molecule has 1 N–H and O–H groups in total. The highest BCUT2D eigenvalue weighted by molar-refractivity contribution is 5.69. The van der Waals surface area contributed by atoms with Crippen LogP contribution in [-0.4, -0.2) is 29.1 Å². The van der Waals surface area contributed by atoms with E-state index < -0.39 is 16.7 Å². The van der Waals surface area contributed by atoms with E-state index in [1.54, 1.807) is 4.90 Å². The Morgan fingerprint density at radius 3 is 2.78 bits per heavy atom. The summed E-state index contributed by atoms with van der Waals surface area (Å²) in [5, 5.41) is 19.4. The predicted octanol–water partition coefficient (Wildman–Crippen LogP) is 1.64. The number of benzene rings is 1. The van der Waals surface area contributed by atoms with Gasteiger partial charge in [0.15, 0.2) is 0 Å². The molecule has 1 aromatic carbocycles. The molecule has 0 amide bonds. The first kappa shape index (κ1) is 12.3. The Bertz CT molecular complexity index is 500. The maximum atomic E-state index is 13.1. The molecule has 1 aromatic rings. The van der Waals surface area contributed by atoms with Crippen LogP contribution in [-0.2, 0) is 4.79 Å². The molecule has 1 heterocycles. The van der Waals surface area contributed by atoms with E-state index in [4.69, 9.17) is 5.11 Å². The zero-order chi connectivity index (χ0) is 13.3. The van der Waals surface area contributed by atoms with Gasteiger partial charge in [0.2, 0.25) is 0 Å². The van der Waals surface area contributed by atoms with Gasteiger partial charge in [-0.1, -0.05) is 0 Å². The van der Waals surface area contributed by atoms with Crippen molar-refractivity contribution in [1.29, 1.82) is 0 Å². The average Bonchev–Trinajstić information content (AvgIpc) is 2.21. The second kappa shape index (κ2) is 4.59. The number of nitro benzene ring substituents is 1. The molecule has 1 aliphatic heterocycles. The lowest BCUT2D eigenvalue weighted by molar-refractivity contribution is -0.384. The molecule has 0 unspecified atom stereocenters. The molecule has 2 rings (SSSR count). The SMILES string of the molecule is O=C(O)CC1CN(c2cc(F)ccc2[N+](=O)[O-])C1. The summed E-state index contributed by atoms with van der Waals surface area (Å²) in [5.74, 6) is -1.48. The van der Waals surface area contributed by atoms with Crippen molar-refractivity contribution in [3.05, 3.63) is 34.1 Å². The Kier molecular flexibility index (Phi) is 3.14. The van der Waals surface area contributed by atoms with Crippen LogP contribution >= 0.6 is 0 Å². The van der Waals surface area contributed by atoms with Gasteiger partial charge in [-0.2, -0.15) is 0 Å². The van der Waals surface area contributed by atoms with Crippen LogP contribution < -0.4 is 4.90 Å². The number of anilines is 1. The van der Waals surface area contributed by atoms with E-state index in [1.807, 2.05) is 0 Å². The molecule has 0 aromatic heterocycles. The molecule has 6 nitrogen and oxygen atoms in total. The maximum Gasteiger partial charge on any atom is 0.303 e. The van der Waals surface area contributed by atoms with E-state index in [1.165, 1.54) is 0 Å². The van der Waals surface area contributed by atoms with E-state index in [0.717, 1.165) is 18.2 Å². The van der Waals surface area contributed by atoms with Crippen molar-refractivity contribution < 1.29 is 19.2 Å². The van der Waals surface area contributed by atoms with Gasteiger partial charge in [-0.05, 0) is 6.07 Å². The Morgan fingerprint density at radius 2 is 2.22 bits per heavy atom. The molecule has 18 heavy (non-hydrogen) atoms. The van der Waals surface area contributed by atoms with Crippen LogP contribution in [0.25, 0.3) is 0 Å². The van der Waals surface area contributed by atoms with E-state index in [0.29, 0.717) is 13.1 Å². The first-order valence-electron chi connectivity index (χ1n) is 5.38. The van der Waals surface area contributed by atoms with Crippen LogP contribution in [0.3, 0.4) is 0 Å². The third kappa shape index (κ3) is 2.39. The highest BCUT2D eigenvalue weighted by atomic mass is 19.1. The van der Waals surface area contributed by atoms with Crippen LogP contribution in [0.15, 0.2) is 18.2 Å². The van der Waals surface area contributed by atoms with Gasteiger partial charge in [0.25, 0.3) is 5.69 Å². The quantitative estimate of drug-likeness (QED) is 0.652. The lowest BCUT2D eigenvalue weighted by atomic mass is 9.95. The van der Waals surface area contributed by atoms with Crippen molar-refractivity contribution in [3.63, 3.8) is 0 Å². The molecular formula is C11H11FN2O4. The van der Waals surface area contributed by atoms with Crippen molar-refractivity contribution in [1.82, 2.24) is 0 Å². The minimum atomic E-state index is -0.895. The summed E-state index contributed by atoms with van der Waals surface area (Å²) in [5.41, 5.74) is 0.0480. The number of carbonyl (C=O) groups is 1. The maximum absolute atomic E-state index is 13.1. The molecule has 0 aliphatic carbocycles. The molecule has 0 spiro atoms. The smallest absolute Gasteiger partial charge is 0.303 e. The van der Waals surface area contributed by atoms with Gasteiger partial charge in [0.05, 0.1) is 11.3 Å². The van der Waals surface area contributed by atoms with Gasteiger partial charge < -0.3 is 10.0 Å². The van der Waals surface area contributed by atoms with E-state index in [-0.39, 0.29) is 23.7 Å². The molecular weight excluding hydrogens is 243 g/mol. The average molecular weight is 254 g/mol. The molecule has 1 fully saturated rings. The van der Waals surface area contributed by atoms with Crippen LogP contribution in [0.4, 0.5) is 15.8 Å². The molecule has 1 aliphatic rings. The van der Waals surface area contributed by atoms with Crippen molar-refractivity contribution in [2.24, 2.45) is 5.92 Å². The number of carboxylic acids is 1. The Labute approximate surface area is 102 Å². The third-order valence-electron chi connectivity index (χ3n) is 2.90. The normalized spacial score (nSPS) is 15.3. The molecule has 0 saturated carbocycles. The van der Waals surface area contributed by atoms with Crippen molar-refractivity contribution >= 4 is 17.3 Å². The van der Waals surface area contributed by atoms with E-state index in [2.05, 4.69) is 0 Å². The van der Waals surface area contributed by atoms with Gasteiger partial charge >= 0.3 is 5.97 Å². The predicted molar refractivity (Wildman–Crippen MR) is 61.0 cm³/mol. The third-order valence-corrected chi connectivity index (χ3v) is 2.90. The first-order chi connectivity index (χ1) is 8.47. The Morgan fingerprint density at radius 1 is 1.56 bits per heavy atom. The summed E-state index contributed by atoms with van der Waals surface area (Å²) >= 11 is 0. The lowest BCUT2D eigenvalue weighted by Gasteiger charge is -2.39.